The fraction of sp³-hybridized carbons (Fsp3) is 0.105. The second-order valence-electron chi connectivity index (χ2n) is 5.26. The maximum Gasteiger partial charge on any atom is 0.274 e. The number of aromatic nitrogens is 2. The summed E-state index contributed by atoms with van der Waals surface area (Å²) in [7, 11) is 1.56. The number of benzene rings is 1. The fourth-order valence-electron chi connectivity index (χ4n) is 2.26. The van der Waals surface area contributed by atoms with E-state index in [0.717, 1.165) is 11.4 Å². The molecule has 0 saturated carbocycles. The van der Waals surface area contributed by atoms with E-state index < -0.39 is 0 Å². The average molecular weight is 334 g/mol. The van der Waals surface area contributed by atoms with Gasteiger partial charge >= 0.3 is 0 Å². The molecule has 0 radical (unpaired) electrons. The van der Waals surface area contributed by atoms with Gasteiger partial charge in [0.15, 0.2) is 0 Å². The maximum absolute atomic E-state index is 12.3. The minimum Gasteiger partial charge on any atom is -0.495 e. The van der Waals surface area contributed by atoms with Gasteiger partial charge in [0.05, 0.1) is 36.9 Å². The average Bonchev–Trinajstić information content (AvgIpc) is 2.68. The van der Waals surface area contributed by atoms with Crippen molar-refractivity contribution in [1.29, 1.82) is 0 Å². The molecule has 2 aromatic heterocycles. The summed E-state index contributed by atoms with van der Waals surface area (Å²) in [6.45, 7) is 0.593. The SMILES string of the molecule is COc1ccccc1NC(=O)c1ccc(NCc2ccccn2)cn1. The molecule has 0 aliphatic heterocycles. The highest BCUT2D eigenvalue weighted by Gasteiger charge is 2.10. The van der Waals surface area contributed by atoms with Crippen LogP contribution in [-0.4, -0.2) is 23.0 Å². The number of anilines is 2. The van der Waals surface area contributed by atoms with E-state index in [1.165, 1.54) is 0 Å². The Morgan fingerprint density at radius 1 is 1.04 bits per heavy atom. The number of nitrogens with zero attached hydrogens (tertiary/aromatic N) is 2. The molecule has 2 N–H and O–H groups in total. The van der Waals surface area contributed by atoms with Crippen molar-refractivity contribution in [2.24, 2.45) is 0 Å². The first-order valence-electron chi connectivity index (χ1n) is 7.80. The number of hydrogen-bond acceptors (Lipinski definition) is 5. The van der Waals surface area contributed by atoms with Crippen LogP contribution in [0.4, 0.5) is 11.4 Å². The third-order valence-electron chi connectivity index (χ3n) is 3.55. The van der Waals surface area contributed by atoms with Crippen LogP contribution in [0.15, 0.2) is 67.0 Å². The van der Waals surface area contributed by atoms with E-state index in [2.05, 4.69) is 20.6 Å². The molecule has 25 heavy (non-hydrogen) atoms. The minimum atomic E-state index is -0.291. The second kappa shape index (κ2) is 7.92. The molecule has 1 aromatic carbocycles. The van der Waals surface area contributed by atoms with E-state index in [0.29, 0.717) is 23.7 Å². The Kier molecular flexibility index (Phi) is 5.21. The van der Waals surface area contributed by atoms with Crippen LogP contribution < -0.4 is 15.4 Å². The lowest BCUT2D eigenvalue weighted by Gasteiger charge is -2.10. The van der Waals surface area contributed by atoms with Gasteiger partial charge in [0.1, 0.15) is 11.4 Å². The number of carbonyl (C=O) groups is 1. The zero-order valence-electron chi connectivity index (χ0n) is 13.8. The van der Waals surface area contributed by atoms with Crippen molar-refractivity contribution in [3.63, 3.8) is 0 Å². The zero-order valence-corrected chi connectivity index (χ0v) is 13.8. The van der Waals surface area contributed by atoms with E-state index >= 15 is 0 Å². The van der Waals surface area contributed by atoms with Gasteiger partial charge in [-0.3, -0.25) is 9.78 Å². The number of pyridine rings is 2. The van der Waals surface area contributed by atoms with Crippen molar-refractivity contribution < 1.29 is 9.53 Å². The molecule has 2 heterocycles. The first-order valence-corrected chi connectivity index (χ1v) is 7.80. The van der Waals surface area contributed by atoms with Crippen molar-refractivity contribution in [3.05, 3.63) is 78.4 Å². The topological polar surface area (TPSA) is 76.1 Å². The van der Waals surface area contributed by atoms with Gasteiger partial charge in [0.2, 0.25) is 0 Å². The van der Waals surface area contributed by atoms with Crippen LogP contribution >= 0.6 is 0 Å². The molecule has 0 fully saturated rings. The first kappa shape index (κ1) is 16.4. The van der Waals surface area contributed by atoms with Gasteiger partial charge in [-0.2, -0.15) is 0 Å². The van der Waals surface area contributed by atoms with Crippen LogP contribution in [0.3, 0.4) is 0 Å². The molecule has 0 spiro atoms. The Balaban J connectivity index is 1.62. The molecule has 6 nitrogen and oxygen atoms in total. The summed E-state index contributed by atoms with van der Waals surface area (Å²) in [5, 5.41) is 6.02. The van der Waals surface area contributed by atoms with Gasteiger partial charge in [0.25, 0.3) is 5.91 Å². The second-order valence-corrected chi connectivity index (χ2v) is 5.26. The Bertz CT molecular complexity index is 836. The van der Waals surface area contributed by atoms with E-state index in [4.69, 9.17) is 4.74 Å². The van der Waals surface area contributed by atoms with Crippen molar-refractivity contribution >= 4 is 17.3 Å². The van der Waals surface area contributed by atoms with E-state index in [1.807, 2.05) is 36.4 Å². The first-order chi connectivity index (χ1) is 12.3. The lowest BCUT2D eigenvalue weighted by atomic mass is 10.2. The number of ether oxygens (including phenoxy) is 1. The Labute approximate surface area is 145 Å². The Morgan fingerprint density at radius 3 is 2.60 bits per heavy atom. The van der Waals surface area contributed by atoms with Crippen molar-refractivity contribution in [2.45, 2.75) is 6.54 Å². The van der Waals surface area contributed by atoms with Gasteiger partial charge in [-0.15, -0.1) is 0 Å². The molecule has 0 saturated heterocycles. The summed E-state index contributed by atoms with van der Waals surface area (Å²) in [6.07, 6.45) is 3.38. The number of amides is 1. The quantitative estimate of drug-likeness (QED) is 0.723. The molecule has 3 rings (SSSR count). The largest absolute Gasteiger partial charge is 0.495 e. The number of hydrogen-bond donors (Lipinski definition) is 2. The van der Waals surface area contributed by atoms with Gasteiger partial charge in [-0.25, -0.2) is 4.98 Å². The zero-order chi connectivity index (χ0) is 17.5. The number of nitrogens with one attached hydrogen (secondary N) is 2. The number of rotatable bonds is 6. The van der Waals surface area contributed by atoms with Crippen molar-refractivity contribution in [2.75, 3.05) is 17.7 Å². The minimum absolute atomic E-state index is 0.291. The normalized spacial score (nSPS) is 10.1. The van der Waals surface area contributed by atoms with Gasteiger partial charge in [-0.05, 0) is 36.4 Å². The molecule has 0 aliphatic rings. The summed E-state index contributed by atoms with van der Waals surface area (Å²) in [5.41, 5.74) is 2.68. The highest BCUT2D eigenvalue weighted by Crippen LogP contribution is 2.23. The Morgan fingerprint density at radius 2 is 1.88 bits per heavy atom. The third-order valence-corrected chi connectivity index (χ3v) is 3.55. The van der Waals surface area contributed by atoms with Crippen LogP contribution in [0.5, 0.6) is 5.75 Å². The standard InChI is InChI=1S/C19H18N4O2/c1-25-18-8-3-2-7-16(18)23-19(24)17-10-9-15(13-22-17)21-12-14-6-4-5-11-20-14/h2-11,13,21H,12H2,1H3,(H,23,24). The Hall–Kier alpha value is -3.41. The summed E-state index contributed by atoms with van der Waals surface area (Å²) in [5.74, 6) is 0.310. The van der Waals surface area contributed by atoms with Crippen LogP contribution in [-0.2, 0) is 6.54 Å². The molecular weight excluding hydrogens is 316 g/mol. The predicted molar refractivity (Wildman–Crippen MR) is 96.7 cm³/mol. The van der Waals surface area contributed by atoms with Crippen LogP contribution in [0.1, 0.15) is 16.2 Å². The lowest BCUT2D eigenvalue weighted by molar-refractivity contribution is 0.102. The van der Waals surface area contributed by atoms with Crippen LogP contribution in [0, 0.1) is 0 Å². The van der Waals surface area contributed by atoms with Crippen molar-refractivity contribution in [3.8, 4) is 5.75 Å². The monoisotopic (exact) mass is 334 g/mol. The molecular formula is C19H18N4O2. The predicted octanol–water partition coefficient (Wildman–Crippen LogP) is 3.35. The van der Waals surface area contributed by atoms with E-state index in [1.54, 1.807) is 37.7 Å². The van der Waals surface area contributed by atoms with Gasteiger partial charge < -0.3 is 15.4 Å². The fourth-order valence-corrected chi connectivity index (χ4v) is 2.26. The number of methoxy groups -OCH3 is 1. The highest BCUT2D eigenvalue weighted by molar-refractivity contribution is 6.03. The molecule has 1 amide bonds. The number of para-hydroxylation sites is 2. The smallest absolute Gasteiger partial charge is 0.274 e. The summed E-state index contributed by atoms with van der Waals surface area (Å²) >= 11 is 0. The maximum atomic E-state index is 12.3. The van der Waals surface area contributed by atoms with Gasteiger partial charge in [-0.1, -0.05) is 18.2 Å². The highest BCUT2D eigenvalue weighted by atomic mass is 16.5. The number of carbonyl (C=O) groups excluding carboxylic acids is 1. The molecule has 0 bridgehead atoms. The molecule has 0 unspecified atom stereocenters. The van der Waals surface area contributed by atoms with Crippen LogP contribution in [0.25, 0.3) is 0 Å². The summed E-state index contributed by atoms with van der Waals surface area (Å²) in [6, 6.07) is 16.5. The molecule has 3 aromatic rings. The molecule has 126 valence electrons. The molecule has 6 heteroatoms. The summed E-state index contributed by atoms with van der Waals surface area (Å²) < 4.78 is 5.22. The van der Waals surface area contributed by atoms with Gasteiger partial charge in [0, 0.05) is 6.20 Å². The van der Waals surface area contributed by atoms with E-state index in [9.17, 15) is 4.79 Å². The van der Waals surface area contributed by atoms with E-state index in [-0.39, 0.29) is 5.91 Å². The molecule has 0 aliphatic carbocycles. The molecule has 0 atom stereocenters. The lowest BCUT2D eigenvalue weighted by Crippen LogP contribution is -2.14. The van der Waals surface area contributed by atoms with Crippen molar-refractivity contribution in [1.82, 2.24) is 9.97 Å². The van der Waals surface area contributed by atoms with Crippen LogP contribution in [0.2, 0.25) is 0 Å². The third kappa shape index (κ3) is 4.32. The summed E-state index contributed by atoms with van der Waals surface area (Å²) in [4.78, 5) is 20.8.